The van der Waals surface area contributed by atoms with Crippen LogP contribution in [0.15, 0.2) is 35.0 Å². The maximum absolute atomic E-state index is 12.5. The Morgan fingerprint density at radius 2 is 1.69 bits per heavy atom. The highest BCUT2D eigenvalue weighted by atomic mass is 35.5. The fourth-order valence-electron chi connectivity index (χ4n) is 2.60. The summed E-state index contributed by atoms with van der Waals surface area (Å²) >= 11 is 12.2. The Morgan fingerprint density at radius 1 is 1.04 bits per heavy atom. The molecule has 0 amide bonds. The smallest absolute Gasteiger partial charge is 0.314 e. The average Bonchev–Trinajstić information content (AvgIpc) is 3.20. The third kappa shape index (κ3) is 3.34. The summed E-state index contributed by atoms with van der Waals surface area (Å²) in [5.41, 5.74) is 0.996. The van der Waals surface area contributed by atoms with Gasteiger partial charge in [0.15, 0.2) is 0 Å². The minimum atomic E-state index is -2.82. The molecule has 0 radical (unpaired) electrons. The average molecular weight is 398 g/mol. The number of aromatic nitrogens is 4. The molecule has 0 atom stereocenters. The molecule has 0 aliphatic heterocycles. The highest BCUT2D eigenvalue weighted by Gasteiger charge is 2.45. The van der Waals surface area contributed by atoms with E-state index in [1.54, 1.807) is 6.07 Å². The normalized spacial score (nSPS) is 15.3. The van der Waals surface area contributed by atoms with Gasteiger partial charge in [0.05, 0.1) is 11.1 Å². The predicted octanol–water partition coefficient (Wildman–Crippen LogP) is 4.87. The Labute approximate surface area is 156 Å². The Balaban J connectivity index is 1.54. The van der Waals surface area contributed by atoms with Crippen LogP contribution in [0.5, 0.6) is 0 Å². The van der Waals surface area contributed by atoms with E-state index in [0.29, 0.717) is 21.6 Å². The van der Waals surface area contributed by atoms with Crippen molar-refractivity contribution in [2.24, 2.45) is 0 Å². The highest BCUT2D eigenvalue weighted by molar-refractivity contribution is 6.34. The lowest BCUT2D eigenvalue weighted by Gasteiger charge is -2.18. The summed E-state index contributed by atoms with van der Waals surface area (Å²) in [6, 6.07) is 5.38. The Kier molecular flexibility index (Phi) is 4.24. The van der Waals surface area contributed by atoms with Crippen molar-refractivity contribution in [3.05, 3.63) is 52.1 Å². The first-order valence-corrected chi connectivity index (χ1v) is 8.39. The number of alkyl halides is 2. The van der Waals surface area contributed by atoms with Gasteiger partial charge in [0, 0.05) is 22.4 Å². The summed E-state index contributed by atoms with van der Waals surface area (Å²) in [6.45, 7) is 0. The van der Waals surface area contributed by atoms with Gasteiger partial charge in [0.2, 0.25) is 5.95 Å². The van der Waals surface area contributed by atoms with E-state index in [4.69, 9.17) is 27.6 Å². The van der Waals surface area contributed by atoms with Crippen LogP contribution < -0.4 is 5.32 Å². The summed E-state index contributed by atoms with van der Waals surface area (Å²) in [5, 5.41) is 11.2. The van der Waals surface area contributed by atoms with Crippen LogP contribution in [0.4, 0.5) is 14.7 Å². The second-order valence-corrected chi connectivity index (χ2v) is 6.78. The number of hydrogen-bond acceptors (Lipinski definition) is 6. The SMILES string of the molecule is FC(F)c1nnc(-c2cnc(NC3(c4cc(Cl)cc(Cl)c4)CC3)nc2)o1. The Bertz CT molecular complexity index is 924. The second kappa shape index (κ2) is 6.44. The number of hydrogen-bond donors (Lipinski definition) is 1. The molecular formula is C16H11Cl2F2N5O. The molecule has 0 unspecified atom stereocenters. The van der Waals surface area contributed by atoms with Crippen molar-refractivity contribution in [2.75, 3.05) is 5.32 Å². The molecule has 0 spiro atoms. The van der Waals surface area contributed by atoms with Gasteiger partial charge in [-0.15, -0.1) is 10.2 Å². The lowest BCUT2D eigenvalue weighted by molar-refractivity contribution is 0.116. The Morgan fingerprint density at radius 3 is 2.23 bits per heavy atom. The van der Waals surface area contributed by atoms with E-state index in [9.17, 15) is 8.78 Å². The molecule has 10 heteroatoms. The van der Waals surface area contributed by atoms with Crippen LogP contribution in [0, 0.1) is 0 Å². The van der Waals surface area contributed by atoms with Crippen LogP contribution in [-0.4, -0.2) is 20.2 Å². The standard InChI is InChI=1S/C16H11Cl2F2N5O/c17-10-3-9(4-11(18)5-10)16(1-2-16)23-15-21-6-8(7-22-15)13-24-25-14(26-13)12(19)20/h3-7,12H,1-2H2,(H,21,22,23). The molecule has 1 aromatic carbocycles. The molecule has 134 valence electrons. The van der Waals surface area contributed by atoms with Crippen molar-refractivity contribution in [1.29, 1.82) is 0 Å². The Hall–Kier alpha value is -2.32. The van der Waals surface area contributed by atoms with Crippen molar-refractivity contribution in [1.82, 2.24) is 20.2 Å². The van der Waals surface area contributed by atoms with E-state index in [1.165, 1.54) is 12.4 Å². The number of nitrogens with one attached hydrogen (secondary N) is 1. The largest absolute Gasteiger partial charge is 0.415 e. The number of nitrogens with zero attached hydrogens (tertiary/aromatic N) is 4. The van der Waals surface area contributed by atoms with Gasteiger partial charge in [-0.05, 0) is 36.6 Å². The summed E-state index contributed by atoms with van der Waals surface area (Å²) < 4.78 is 29.9. The highest BCUT2D eigenvalue weighted by Crippen LogP contribution is 2.48. The molecule has 1 N–H and O–H groups in total. The minimum absolute atomic E-state index is 0.0605. The van der Waals surface area contributed by atoms with Crippen molar-refractivity contribution in [3.8, 4) is 11.5 Å². The lowest BCUT2D eigenvalue weighted by Crippen LogP contribution is -2.20. The molecule has 0 bridgehead atoms. The van der Waals surface area contributed by atoms with Crippen LogP contribution in [0.25, 0.3) is 11.5 Å². The minimum Gasteiger partial charge on any atom is -0.415 e. The van der Waals surface area contributed by atoms with Crippen molar-refractivity contribution in [3.63, 3.8) is 0 Å². The molecule has 6 nitrogen and oxygen atoms in total. The molecule has 1 fully saturated rings. The third-order valence-corrected chi connectivity index (χ3v) is 4.48. The molecule has 1 aliphatic rings. The van der Waals surface area contributed by atoms with E-state index < -0.39 is 12.3 Å². The third-order valence-electron chi connectivity index (χ3n) is 4.04. The van der Waals surface area contributed by atoms with Gasteiger partial charge < -0.3 is 9.73 Å². The topological polar surface area (TPSA) is 76.7 Å². The molecule has 2 heterocycles. The number of rotatable bonds is 5. The van der Waals surface area contributed by atoms with Crippen LogP contribution in [0.3, 0.4) is 0 Å². The van der Waals surface area contributed by atoms with Crippen molar-refractivity contribution in [2.45, 2.75) is 24.8 Å². The molecule has 2 aromatic heterocycles. The molecule has 0 saturated heterocycles. The molecular weight excluding hydrogens is 387 g/mol. The first-order valence-electron chi connectivity index (χ1n) is 7.64. The fourth-order valence-corrected chi connectivity index (χ4v) is 3.12. The van der Waals surface area contributed by atoms with Crippen LogP contribution in [-0.2, 0) is 5.54 Å². The van der Waals surface area contributed by atoms with E-state index in [0.717, 1.165) is 18.4 Å². The summed E-state index contributed by atoms with van der Waals surface area (Å²) in [5.74, 6) is -0.414. The first-order chi connectivity index (χ1) is 12.4. The quantitative estimate of drug-likeness (QED) is 0.661. The maximum atomic E-state index is 12.5. The monoisotopic (exact) mass is 397 g/mol. The summed E-state index contributed by atoms with van der Waals surface area (Å²) in [6.07, 6.45) is 1.81. The molecule has 1 saturated carbocycles. The zero-order valence-corrected chi connectivity index (χ0v) is 14.6. The zero-order chi connectivity index (χ0) is 18.3. The van der Waals surface area contributed by atoms with Gasteiger partial charge in [-0.3, -0.25) is 0 Å². The van der Waals surface area contributed by atoms with Gasteiger partial charge >= 0.3 is 6.43 Å². The lowest BCUT2D eigenvalue weighted by atomic mass is 10.1. The molecule has 26 heavy (non-hydrogen) atoms. The van der Waals surface area contributed by atoms with Gasteiger partial charge in [-0.2, -0.15) is 8.78 Å². The zero-order valence-electron chi connectivity index (χ0n) is 13.1. The molecule has 4 rings (SSSR count). The van der Waals surface area contributed by atoms with Crippen LogP contribution >= 0.6 is 23.2 Å². The summed E-state index contributed by atoms with van der Waals surface area (Å²) in [7, 11) is 0. The van der Waals surface area contributed by atoms with Gasteiger partial charge in [0.25, 0.3) is 11.8 Å². The van der Waals surface area contributed by atoms with Crippen molar-refractivity contribution < 1.29 is 13.2 Å². The summed E-state index contributed by atoms with van der Waals surface area (Å²) in [4.78, 5) is 8.40. The number of benzene rings is 1. The van der Waals surface area contributed by atoms with E-state index >= 15 is 0 Å². The van der Waals surface area contributed by atoms with Gasteiger partial charge in [0.1, 0.15) is 0 Å². The van der Waals surface area contributed by atoms with E-state index in [1.807, 2.05) is 12.1 Å². The van der Waals surface area contributed by atoms with Crippen LogP contribution in [0.2, 0.25) is 10.0 Å². The molecule has 3 aromatic rings. The van der Waals surface area contributed by atoms with Gasteiger partial charge in [-0.25, -0.2) is 9.97 Å². The van der Waals surface area contributed by atoms with Gasteiger partial charge in [-0.1, -0.05) is 23.2 Å². The second-order valence-electron chi connectivity index (χ2n) is 5.91. The van der Waals surface area contributed by atoms with E-state index in [2.05, 4.69) is 25.5 Å². The maximum Gasteiger partial charge on any atom is 0.314 e. The molecule has 1 aliphatic carbocycles. The predicted molar refractivity (Wildman–Crippen MR) is 91.3 cm³/mol. The van der Waals surface area contributed by atoms with Crippen LogP contribution in [0.1, 0.15) is 30.7 Å². The first kappa shape index (κ1) is 17.1. The van der Waals surface area contributed by atoms with Crippen molar-refractivity contribution >= 4 is 29.2 Å². The van der Waals surface area contributed by atoms with E-state index in [-0.39, 0.29) is 11.4 Å². The number of anilines is 1. The fraction of sp³-hybridized carbons (Fsp3) is 0.250. The number of halogens is 4.